The van der Waals surface area contributed by atoms with E-state index in [4.69, 9.17) is 0 Å². The van der Waals surface area contributed by atoms with Gasteiger partial charge in [-0.1, -0.05) is 13.0 Å². The average molecular weight is 238 g/mol. The Bertz CT molecular complexity index is 383. The van der Waals surface area contributed by atoms with E-state index >= 15 is 0 Å². The van der Waals surface area contributed by atoms with Gasteiger partial charge in [-0.2, -0.15) is 0 Å². The van der Waals surface area contributed by atoms with Crippen molar-refractivity contribution in [3.63, 3.8) is 0 Å². The molecule has 1 unspecified atom stereocenters. The first-order chi connectivity index (χ1) is 7.81. The van der Waals surface area contributed by atoms with E-state index < -0.39 is 5.97 Å². The third-order valence-corrected chi connectivity index (χ3v) is 3.49. The SMILES string of the molecule is C=COC(=O)c1csc(C2CCCCN2)n1. The molecular formula is C11H14N2O2S. The minimum Gasteiger partial charge on any atom is -0.430 e. The van der Waals surface area contributed by atoms with E-state index in [1.807, 2.05) is 0 Å². The van der Waals surface area contributed by atoms with Crippen molar-refractivity contribution < 1.29 is 9.53 Å². The first kappa shape index (κ1) is 11.3. The van der Waals surface area contributed by atoms with E-state index in [9.17, 15) is 4.79 Å². The summed E-state index contributed by atoms with van der Waals surface area (Å²) in [5.41, 5.74) is 0.368. The van der Waals surface area contributed by atoms with Crippen LogP contribution in [0.1, 0.15) is 40.8 Å². The third-order valence-electron chi connectivity index (χ3n) is 2.53. The van der Waals surface area contributed by atoms with E-state index in [0.29, 0.717) is 11.7 Å². The summed E-state index contributed by atoms with van der Waals surface area (Å²) in [6, 6.07) is 0.295. The van der Waals surface area contributed by atoms with Gasteiger partial charge in [0.15, 0.2) is 5.69 Å². The number of rotatable bonds is 3. The number of carbonyl (C=O) groups is 1. The molecule has 0 spiro atoms. The Labute approximate surface area is 98.3 Å². The molecule has 1 atom stereocenters. The van der Waals surface area contributed by atoms with Crippen molar-refractivity contribution >= 4 is 17.3 Å². The number of piperidine rings is 1. The zero-order valence-corrected chi connectivity index (χ0v) is 9.76. The van der Waals surface area contributed by atoms with Crippen molar-refractivity contribution in [3.05, 3.63) is 28.9 Å². The highest BCUT2D eigenvalue weighted by molar-refractivity contribution is 7.09. The van der Waals surface area contributed by atoms with Crippen molar-refractivity contribution in [2.75, 3.05) is 6.54 Å². The van der Waals surface area contributed by atoms with E-state index in [2.05, 4.69) is 21.6 Å². The molecule has 0 aromatic carbocycles. The zero-order valence-electron chi connectivity index (χ0n) is 8.94. The molecule has 0 amide bonds. The lowest BCUT2D eigenvalue weighted by Gasteiger charge is -2.21. The van der Waals surface area contributed by atoms with Gasteiger partial charge in [-0.3, -0.25) is 0 Å². The molecule has 1 aliphatic heterocycles. The Hall–Kier alpha value is -1.20. The van der Waals surface area contributed by atoms with Gasteiger partial charge in [-0.05, 0) is 19.4 Å². The number of esters is 1. The smallest absolute Gasteiger partial charge is 0.362 e. The Morgan fingerprint density at radius 1 is 1.69 bits per heavy atom. The van der Waals surface area contributed by atoms with Crippen molar-refractivity contribution in [1.82, 2.24) is 10.3 Å². The Kier molecular flexibility index (Phi) is 3.69. The van der Waals surface area contributed by atoms with Crippen LogP contribution in [-0.4, -0.2) is 17.5 Å². The minimum absolute atomic E-state index is 0.295. The number of thiazole rings is 1. The largest absolute Gasteiger partial charge is 0.430 e. The highest BCUT2D eigenvalue weighted by atomic mass is 32.1. The van der Waals surface area contributed by atoms with Gasteiger partial charge in [0.05, 0.1) is 12.3 Å². The molecule has 1 fully saturated rings. The van der Waals surface area contributed by atoms with Crippen LogP contribution < -0.4 is 5.32 Å². The second-order valence-corrected chi connectivity index (χ2v) is 4.54. The molecule has 1 aliphatic rings. The van der Waals surface area contributed by atoms with E-state index in [0.717, 1.165) is 24.2 Å². The lowest BCUT2D eigenvalue weighted by atomic mass is 10.1. The first-order valence-electron chi connectivity index (χ1n) is 5.32. The molecule has 2 rings (SSSR count). The number of nitrogens with zero attached hydrogens (tertiary/aromatic N) is 1. The fraction of sp³-hybridized carbons (Fsp3) is 0.455. The number of carbonyl (C=O) groups excluding carboxylic acids is 1. The summed E-state index contributed by atoms with van der Waals surface area (Å²) in [5.74, 6) is -0.437. The monoisotopic (exact) mass is 238 g/mol. The highest BCUT2D eigenvalue weighted by Crippen LogP contribution is 2.25. The van der Waals surface area contributed by atoms with Gasteiger partial charge in [-0.25, -0.2) is 9.78 Å². The zero-order chi connectivity index (χ0) is 11.4. The topological polar surface area (TPSA) is 51.2 Å². The Balaban J connectivity index is 2.06. The molecule has 1 aromatic rings. The highest BCUT2D eigenvalue weighted by Gasteiger charge is 2.20. The number of hydrogen-bond donors (Lipinski definition) is 1. The lowest BCUT2D eigenvalue weighted by Crippen LogP contribution is -2.26. The van der Waals surface area contributed by atoms with Crippen LogP contribution in [0.4, 0.5) is 0 Å². The molecule has 2 heterocycles. The van der Waals surface area contributed by atoms with E-state index in [-0.39, 0.29) is 0 Å². The van der Waals surface area contributed by atoms with Crippen LogP contribution in [0.2, 0.25) is 0 Å². The van der Waals surface area contributed by atoms with Gasteiger partial charge in [-0.15, -0.1) is 11.3 Å². The number of aromatic nitrogens is 1. The van der Waals surface area contributed by atoms with Gasteiger partial charge in [0.1, 0.15) is 5.01 Å². The molecule has 0 radical (unpaired) electrons. The van der Waals surface area contributed by atoms with Gasteiger partial charge in [0.25, 0.3) is 0 Å². The predicted octanol–water partition coefficient (Wildman–Crippen LogP) is 2.26. The van der Waals surface area contributed by atoms with E-state index in [1.54, 1.807) is 5.38 Å². The maximum Gasteiger partial charge on any atom is 0.362 e. The maximum absolute atomic E-state index is 11.4. The van der Waals surface area contributed by atoms with Crippen molar-refractivity contribution in [2.45, 2.75) is 25.3 Å². The van der Waals surface area contributed by atoms with Crippen LogP contribution >= 0.6 is 11.3 Å². The van der Waals surface area contributed by atoms with Gasteiger partial charge in [0.2, 0.25) is 0 Å². The van der Waals surface area contributed by atoms with Crippen LogP contribution in [0.15, 0.2) is 18.2 Å². The number of ether oxygens (including phenoxy) is 1. The van der Waals surface area contributed by atoms with Crippen molar-refractivity contribution in [3.8, 4) is 0 Å². The first-order valence-corrected chi connectivity index (χ1v) is 6.20. The summed E-state index contributed by atoms with van der Waals surface area (Å²) >= 11 is 1.50. The molecule has 0 aliphatic carbocycles. The quantitative estimate of drug-likeness (QED) is 0.648. The Morgan fingerprint density at radius 2 is 2.56 bits per heavy atom. The van der Waals surface area contributed by atoms with Crippen LogP contribution in [0.25, 0.3) is 0 Å². The fourth-order valence-corrected chi connectivity index (χ4v) is 2.64. The Morgan fingerprint density at radius 3 is 3.25 bits per heavy atom. The van der Waals surface area contributed by atoms with Crippen LogP contribution in [0.5, 0.6) is 0 Å². The normalized spacial score (nSPS) is 20.4. The molecular weight excluding hydrogens is 224 g/mol. The standard InChI is InChI=1S/C11H14N2O2S/c1-2-15-11(14)9-7-16-10(13-9)8-5-3-4-6-12-8/h2,7-8,12H,1,3-6H2. The van der Waals surface area contributed by atoms with Gasteiger partial charge in [0, 0.05) is 5.38 Å². The molecule has 1 saturated heterocycles. The molecule has 0 saturated carbocycles. The molecule has 16 heavy (non-hydrogen) atoms. The van der Waals surface area contributed by atoms with Crippen LogP contribution in [-0.2, 0) is 4.74 Å². The van der Waals surface area contributed by atoms with Crippen molar-refractivity contribution in [2.24, 2.45) is 0 Å². The van der Waals surface area contributed by atoms with Crippen molar-refractivity contribution in [1.29, 1.82) is 0 Å². The van der Waals surface area contributed by atoms with E-state index in [1.165, 1.54) is 24.2 Å². The summed E-state index contributed by atoms with van der Waals surface area (Å²) in [6.45, 7) is 4.37. The molecule has 5 heteroatoms. The molecule has 0 bridgehead atoms. The summed E-state index contributed by atoms with van der Waals surface area (Å²) < 4.78 is 4.68. The van der Waals surface area contributed by atoms with Gasteiger partial charge >= 0.3 is 5.97 Å². The average Bonchev–Trinajstić information content (AvgIpc) is 2.80. The summed E-state index contributed by atoms with van der Waals surface area (Å²) in [6.07, 6.45) is 4.64. The summed E-state index contributed by atoms with van der Waals surface area (Å²) in [4.78, 5) is 15.7. The predicted molar refractivity (Wildman–Crippen MR) is 62.3 cm³/mol. The molecule has 86 valence electrons. The summed E-state index contributed by atoms with van der Waals surface area (Å²) in [7, 11) is 0. The second-order valence-electron chi connectivity index (χ2n) is 3.65. The third kappa shape index (κ3) is 2.48. The molecule has 1 N–H and O–H groups in total. The fourth-order valence-electron chi connectivity index (χ4n) is 1.74. The molecule has 4 nitrogen and oxygen atoms in total. The second kappa shape index (κ2) is 5.23. The number of hydrogen-bond acceptors (Lipinski definition) is 5. The van der Waals surface area contributed by atoms with Crippen LogP contribution in [0.3, 0.4) is 0 Å². The summed E-state index contributed by atoms with van der Waals surface area (Å²) in [5, 5.41) is 6.10. The number of nitrogens with one attached hydrogen (secondary N) is 1. The maximum atomic E-state index is 11.4. The van der Waals surface area contributed by atoms with Crippen LogP contribution in [0, 0.1) is 0 Å². The lowest BCUT2D eigenvalue weighted by molar-refractivity contribution is 0.0658. The minimum atomic E-state index is -0.437. The van der Waals surface area contributed by atoms with Gasteiger partial charge < -0.3 is 10.1 Å². The molecule has 1 aromatic heterocycles.